The number of aliphatic hydroxyl groups is 1. The SMILES string of the molecule is CCNC1=CC=CC(CN[C@@H](C(=O)N2CC[C@](O)(C3C=CC(Cl)=CC3)C(C)(C)C2)C(C)C)C1. The average Bonchev–Trinajstić information content (AvgIpc) is 2.76. The minimum Gasteiger partial charge on any atom is -0.389 e. The van der Waals surface area contributed by atoms with E-state index in [1.54, 1.807) is 0 Å². The van der Waals surface area contributed by atoms with Crippen LogP contribution >= 0.6 is 11.6 Å². The number of allylic oxidation sites excluding steroid dienone is 6. The number of likely N-dealkylation sites (tertiary alicyclic amines) is 1. The summed E-state index contributed by atoms with van der Waals surface area (Å²) in [5.74, 6) is 0.720. The molecule has 1 aliphatic heterocycles. The van der Waals surface area contributed by atoms with Gasteiger partial charge in [-0.1, -0.05) is 63.6 Å². The number of hydrogen-bond acceptors (Lipinski definition) is 4. The van der Waals surface area contributed by atoms with E-state index in [4.69, 9.17) is 11.6 Å². The maximum atomic E-state index is 13.6. The fraction of sp³-hybridized carbons (Fsp3) is 0.667. The van der Waals surface area contributed by atoms with Crippen molar-refractivity contribution in [3.8, 4) is 0 Å². The topological polar surface area (TPSA) is 64.6 Å². The van der Waals surface area contributed by atoms with E-state index in [2.05, 4.69) is 63.5 Å². The highest BCUT2D eigenvalue weighted by atomic mass is 35.5. The van der Waals surface area contributed by atoms with Crippen molar-refractivity contribution >= 4 is 17.5 Å². The van der Waals surface area contributed by atoms with Crippen molar-refractivity contribution in [3.05, 3.63) is 47.2 Å². The number of carbonyl (C=O) groups excluding carboxylic acids is 1. The second-order valence-corrected chi connectivity index (χ2v) is 11.2. The second-order valence-electron chi connectivity index (χ2n) is 10.8. The van der Waals surface area contributed by atoms with Crippen LogP contribution in [0.15, 0.2) is 47.2 Å². The molecular weight excluding hydrogens is 434 g/mol. The number of nitrogens with zero attached hydrogens (tertiary/aromatic N) is 1. The first kappa shape index (κ1) is 26.1. The summed E-state index contributed by atoms with van der Waals surface area (Å²) >= 11 is 6.10. The van der Waals surface area contributed by atoms with Crippen molar-refractivity contribution in [1.29, 1.82) is 0 Å². The first-order valence-corrected chi connectivity index (χ1v) is 12.8. The van der Waals surface area contributed by atoms with Gasteiger partial charge in [0.05, 0.1) is 11.6 Å². The van der Waals surface area contributed by atoms with E-state index in [-0.39, 0.29) is 23.8 Å². The Kier molecular flexibility index (Phi) is 8.52. The van der Waals surface area contributed by atoms with Crippen LogP contribution in [0, 0.1) is 23.2 Å². The molecule has 2 aliphatic carbocycles. The predicted octanol–water partition coefficient (Wildman–Crippen LogP) is 4.36. The van der Waals surface area contributed by atoms with Crippen LogP contribution in [0.3, 0.4) is 0 Å². The zero-order chi connectivity index (χ0) is 24.2. The number of rotatable bonds is 8. The van der Waals surface area contributed by atoms with Gasteiger partial charge in [-0.3, -0.25) is 4.79 Å². The lowest BCUT2D eigenvalue weighted by atomic mass is 9.62. The van der Waals surface area contributed by atoms with Crippen molar-refractivity contribution < 1.29 is 9.90 Å². The van der Waals surface area contributed by atoms with Gasteiger partial charge in [0.2, 0.25) is 5.91 Å². The number of hydrogen-bond donors (Lipinski definition) is 3. The van der Waals surface area contributed by atoms with E-state index in [1.165, 1.54) is 5.70 Å². The van der Waals surface area contributed by atoms with E-state index in [1.807, 2.05) is 23.1 Å². The van der Waals surface area contributed by atoms with Crippen LogP contribution in [0.1, 0.15) is 53.9 Å². The molecule has 1 amide bonds. The lowest BCUT2D eigenvalue weighted by Crippen LogP contribution is -2.63. The van der Waals surface area contributed by atoms with Crippen molar-refractivity contribution in [1.82, 2.24) is 15.5 Å². The van der Waals surface area contributed by atoms with Crippen LogP contribution in [0.5, 0.6) is 0 Å². The highest BCUT2D eigenvalue weighted by Gasteiger charge is 2.52. The summed E-state index contributed by atoms with van der Waals surface area (Å²) < 4.78 is 0. The Labute approximate surface area is 205 Å². The second kappa shape index (κ2) is 10.8. The van der Waals surface area contributed by atoms with E-state index < -0.39 is 11.0 Å². The van der Waals surface area contributed by atoms with Gasteiger partial charge >= 0.3 is 0 Å². The molecule has 0 bridgehead atoms. The Morgan fingerprint density at radius 3 is 2.70 bits per heavy atom. The highest BCUT2D eigenvalue weighted by Crippen LogP contribution is 2.46. The van der Waals surface area contributed by atoms with Crippen LogP contribution in [-0.2, 0) is 4.79 Å². The summed E-state index contributed by atoms with van der Waals surface area (Å²) in [5.41, 5.74) is -0.0341. The molecule has 3 rings (SSSR count). The third-order valence-electron chi connectivity index (χ3n) is 7.60. The molecule has 6 heteroatoms. The third-order valence-corrected chi connectivity index (χ3v) is 7.88. The smallest absolute Gasteiger partial charge is 0.239 e. The van der Waals surface area contributed by atoms with Crippen LogP contribution in [-0.4, -0.2) is 53.7 Å². The van der Waals surface area contributed by atoms with E-state index >= 15 is 0 Å². The first-order valence-electron chi connectivity index (χ1n) is 12.5. The molecule has 0 saturated carbocycles. The molecule has 0 aromatic heterocycles. The fourth-order valence-electron chi connectivity index (χ4n) is 5.49. The minimum atomic E-state index is -0.864. The molecule has 0 spiro atoms. The van der Waals surface area contributed by atoms with Gasteiger partial charge in [-0.25, -0.2) is 0 Å². The summed E-state index contributed by atoms with van der Waals surface area (Å²) in [6.45, 7) is 13.3. The van der Waals surface area contributed by atoms with E-state index in [0.717, 1.165) is 31.0 Å². The largest absolute Gasteiger partial charge is 0.389 e. The molecule has 3 aliphatic rings. The van der Waals surface area contributed by atoms with Gasteiger partial charge < -0.3 is 20.6 Å². The van der Waals surface area contributed by atoms with Crippen molar-refractivity contribution in [2.75, 3.05) is 26.2 Å². The van der Waals surface area contributed by atoms with Crippen molar-refractivity contribution in [3.63, 3.8) is 0 Å². The molecule has 4 atom stereocenters. The maximum absolute atomic E-state index is 13.6. The van der Waals surface area contributed by atoms with Crippen LogP contribution < -0.4 is 10.6 Å². The predicted molar refractivity (Wildman–Crippen MR) is 137 cm³/mol. The summed E-state index contributed by atoms with van der Waals surface area (Å²) in [5, 5.41) is 19.4. The fourth-order valence-corrected chi connectivity index (χ4v) is 5.65. The van der Waals surface area contributed by atoms with Gasteiger partial charge in [-0.05, 0) is 50.2 Å². The molecule has 0 aromatic carbocycles. The molecule has 3 N–H and O–H groups in total. The molecule has 1 saturated heterocycles. The standard InChI is InChI=1S/C27H42ClN3O2/c1-6-29-23-9-7-8-20(16-23)17-30-24(19(2)3)25(32)31-15-14-27(33,26(4,5)18-31)21-10-12-22(28)13-11-21/h7-10,12-13,19-21,24,29-30,33H,6,11,14-18H2,1-5H3/t20?,21?,24-,27+/m1/s1. The molecule has 0 aromatic rings. The molecule has 2 unspecified atom stereocenters. The molecule has 5 nitrogen and oxygen atoms in total. The summed E-state index contributed by atoms with van der Waals surface area (Å²) in [6.07, 6.45) is 14.6. The highest BCUT2D eigenvalue weighted by molar-refractivity contribution is 6.31. The monoisotopic (exact) mass is 475 g/mol. The lowest BCUT2D eigenvalue weighted by molar-refractivity contribution is -0.162. The molecular formula is C27H42ClN3O2. The Morgan fingerprint density at radius 1 is 1.33 bits per heavy atom. The zero-order valence-electron chi connectivity index (χ0n) is 20.9. The molecule has 33 heavy (non-hydrogen) atoms. The number of amides is 1. The molecule has 1 fully saturated rings. The zero-order valence-corrected chi connectivity index (χ0v) is 21.7. The van der Waals surface area contributed by atoms with Crippen molar-refractivity contribution in [2.45, 2.75) is 65.5 Å². The summed E-state index contributed by atoms with van der Waals surface area (Å²) in [6, 6.07) is -0.231. The van der Waals surface area contributed by atoms with Crippen LogP contribution in [0.2, 0.25) is 0 Å². The van der Waals surface area contributed by atoms with Crippen LogP contribution in [0.25, 0.3) is 0 Å². The number of carbonyl (C=O) groups is 1. The van der Waals surface area contributed by atoms with Gasteiger partial charge in [-0.2, -0.15) is 0 Å². The van der Waals surface area contributed by atoms with Crippen molar-refractivity contribution in [2.24, 2.45) is 23.2 Å². The summed E-state index contributed by atoms with van der Waals surface area (Å²) in [4.78, 5) is 15.6. The normalized spacial score (nSPS) is 30.1. The van der Waals surface area contributed by atoms with Gasteiger partial charge in [0, 0.05) is 48.2 Å². The Balaban J connectivity index is 1.62. The molecule has 184 valence electrons. The molecule has 1 heterocycles. The molecule has 0 radical (unpaired) electrons. The Hall–Kier alpha value is -1.56. The Morgan fingerprint density at radius 2 is 2.09 bits per heavy atom. The Bertz CT molecular complexity index is 829. The van der Waals surface area contributed by atoms with Crippen LogP contribution in [0.4, 0.5) is 0 Å². The summed E-state index contributed by atoms with van der Waals surface area (Å²) in [7, 11) is 0. The quantitative estimate of drug-likeness (QED) is 0.488. The first-order chi connectivity index (χ1) is 15.6. The minimum absolute atomic E-state index is 0.0170. The number of nitrogens with one attached hydrogen (secondary N) is 2. The van der Waals surface area contributed by atoms with Gasteiger partial charge in [0.15, 0.2) is 0 Å². The van der Waals surface area contributed by atoms with E-state index in [9.17, 15) is 9.90 Å². The maximum Gasteiger partial charge on any atom is 0.239 e. The van der Waals surface area contributed by atoms with Gasteiger partial charge in [0.1, 0.15) is 0 Å². The number of halogens is 1. The lowest BCUT2D eigenvalue weighted by Gasteiger charge is -2.54. The average molecular weight is 476 g/mol. The van der Waals surface area contributed by atoms with E-state index in [0.29, 0.717) is 25.4 Å². The van der Waals surface area contributed by atoms with Gasteiger partial charge in [-0.15, -0.1) is 0 Å². The third kappa shape index (κ3) is 5.93. The number of piperidine rings is 1. The van der Waals surface area contributed by atoms with Gasteiger partial charge in [0.25, 0.3) is 0 Å².